The molecular weight excluding hydrogens is 327 g/mol. The highest BCUT2D eigenvalue weighted by Gasteiger charge is 2.26. The van der Waals surface area contributed by atoms with Crippen molar-refractivity contribution in [2.45, 2.75) is 25.5 Å². The van der Waals surface area contributed by atoms with Crippen molar-refractivity contribution in [1.82, 2.24) is 5.16 Å². The maximum absolute atomic E-state index is 13.3. The van der Waals surface area contributed by atoms with E-state index in [-0.39, 0.29) is 5.82 Å². The van der Waals surface area contributed by atoms with Crippen molar-refractivity contribution in [3.05, 3.63) is 53.8 Å². The maximum atomic E-state index is 13.3. The van der Waals surface area contributed by atoms with Crippen LogP contribution in [0.1, 0.15) is 26.3 Å². The maximum Gasteiger partial charge on any atom is 0.170 e. The first kappa shape index (κ1) is 16.7. The Hall–Kier alpha value is -2.18. The van der Waals surface area contributed by atoms with Crippen LogP contribution in [-0.4, -0.2) is 20.7 Å². The summed E-state index contributed by atoms with van der Waals surface area (Å²) < 4.78 is 34.4. The Balaban J connectivity index is 2.04. The zero-order chi connectivity index (χ0) is 17.3. The quantitative estimate of drug-likeness (QED) is 0.518. The molecule has 3 rings (SSSR count). The van der Waals surface area contributed by atoms with E-state index in [1.165, 1.54) is 12.1 Å². The zero-order valence-electron chi connectivity index (χ0n) is 13.6. The second-order valence-electron chi connectivity index (χ2n) is 6.35. The molecule has 0 N–H and O–H groups in total. The lowest BCUT2D eigenvalue weighted by Crippen LogP contribution is -2.25. The van der Waals surface area contributed by atoms with E-state index >= 15 is 0 Å². The van der Waals surface area contributed by atoms with Crippen molar-refractivity contribution >= 4 is 28.5 Å². The van der Waals surface area contributed by atoms with E-state index in [9.17, 15) is 8.94 Å². The molecule has 0 aliphatic heterocycles. The Bertz CT molecular complexity index is 899. The van der Waals surface area contributed by atoms with Crippen molar-refractivity contribution < 1.29 is 13.5 Å². The van der Waals surface area contributed by atoms with Gasteiger partial charge in [0.1, 0.15) is 27.6 Å². The molecule has 1 aromatic heterocycles. The van der Waals surface area contributed by atoms with Crippen LogP contribution in [0, 0.1) is 5.82 Å². The highest BCUT2D eigenvalue weighted by molar-refractivity contribution is 7.91. The van der Waals surface area contributed by atoms with Crippen LogP contribution in [0.15, 0.2) is 51.4 Å². The summed E-state index contributed by atoms with van der Waals surface area (Å²) in [7, 11) is 0. The van der Waals surface area contributed by atoms with E-state index in [2.05, 4.69) is 9.55 Å². The molecule has 3 aromatic rings. The molecule has 0 unspecified atom stereocenters. The van der Waals surface area contributed by atoms with Crippen LogP contribution in [0.5, 0.6) is 0 Å². The average Bonchev–Trinajstić information content (AvgIpc) is 2.94. The molecule has 0 saturated carbocycles. The lowest BCUT2D eigenvalue weighted by atomic mass is 10.0. The largest absolute Gasteiger partial charge is 0.591 e. The van der Waals surface area contributed by atoms with Gasteiger partial charge in [-0.25, -0.2) is 4.39 Å². The van der Waals surface area contributed by atoms with Crippen molar-refractivity contribution in [3.63, 3.8) is 0 Å². The van der Waals surface area contributed by atoms with Crippen LogP contribution in [0.3, 0.4) is 0 Å². The van der Waals surface area contributed by atoms with Gasteiger partial charge in [0.05, 0.1) is 6.21 Å². The van der Waals surface area contributed by atoms with Crippen molar-refractivity contribution in [1.29, 1.82) is 0 Å². The van der Waals surface area contributed by atoms with Crippen LogP contribution < -0.4 is 0 Å². The fraction of sp³-hybridized carbons (Fsp3) is 0.222. The highest BCUT2D eigenvalue weighted by atomic mass is 32.2. The van der Waals surface area contributed by atoms with Gasteiger partial charge in [-0.15, -0.1) is 0 Å². The van der Waals surface area contributed by atoms with Crippen LogP contribution in [0.2, 0.25) is 0 Å². The van der Waals surface area contributed by atoms with Gasteiger partial charge < -0.3 is 9.08 Å². The van der Waals surface area contributed by atoms with Gasteiger partial charge in [0.25, 0.3) is 0 Å². The number of fused-ring (bicyclic) bond motifs is 1. The third kappa shape index (κ3) is 3.34. The second kappa shape index (κ2) is 6.37. The van der Waals surface area contributed by atoms with Crippen LogP contribution in [0.4, 0.5) is 4.39 Å². The van der Waals surface area contributed by atoms with Gasteiger partial charge in [-0.3, -0.25) is 0 Å². The first-order valence-electron chi connectivity index (χ1n) is 7.46. The fourth-order valence-corrected chi connectivity index (χ4v) is 2.72. The molecular formula is C18H17FN2O2S. The van der Waals surface area contributed by atoms with Gasteiger partial charge in [0, 0.05) is 22.6 Å². The van der Waals surface area contributed by atoms with Gasteiger partial charge >= 0.3 is 0 Å². The summed E-state index contributed by atoms with van der Waals surface area (Å²) in [6.07, 6.45) is 1.58. The molecule has 0 spiro atoms. The summed E-state index contributed by atoms with van der Waals surface area (Å²) in [5.41, 5.74) is 2.55. The molecule has 1 atom stereocenters. The number of aromatic nitrogens is 1. The third-order valence-electron chi connectivity index (χ3n) is 3.46. The smallest absolute Gasteiger partial charge is 0.170 e. The molecule has 0 saturated heterocycles. The summed E-state index contributed by atoms with van der Waals surface area (Å²) in [5.74, 6) is -0.374. The zero-order valence-corrected chi connectivity index (χ0v) is 14.4. The molecule has 0 radical (unpaired) electrons. The molecule has 0 aliphatic carbocycles. The summed E-state index contributed by atoms with van der Waals surface area (Å²) in [6.45, 7) is 5.60. The third-order valence-corrected chi connectivity index (χ3v) is 4.81. The Morgan fingerprint density at radius 1 is 1.21 bits per heavy atom. The number of benzene rings is 2. The Morgan fingerprint density at radius 2 is 1.96 bits per heavy atom. The molecule has 124 valence electrons. The lowest BCUT2D eigenvalue weighted by Gasteiger charge is -2.17. The molecule has 6 heteroatoms. The van der Waals surface area contributed by atoms with Gasteiger partial charge in [0.15, 0.2) is 5.58 Å². The lowest BCUT2D eigenvalue weighted by molar-refractivity contribution is 0.457. The molecule has 1 heterocycles. The van der Waals surface area contributed by atoms with Gasteiger partial charge in [-0.1, -0.05) is 33.8 Å². The number of rotatable bonds is 3. The van der Waals surface area contributed by atoms with Gasteiger partial charge in [0.2, 0.25) is 0 Å². The predicted octanol–water partition coefficient (Wildman–Crippen LogP) is 4.52. The predicted molar refractivity (Wildman–Crippen MR) is 94.9 cm³/mol. The van der Waals surface area contributed by atoms with Crippen molar-refractivity contribution in [2.75, 3.05) is 0 Å². The minimum absolute atomic E-state index is 0.374. The van der Waals surface area contributed by atoms with Crippen LogP contribution in [0.25, 0.3) is 22.2 Å². The topological polar surface area (TPSA) is 61.5 Å². The molecule has 0 amide bonds. The van der Waals surface area contributed by atoms with Crippen molar-refractivity contribution in [2.24, 2.45) is 4.40 Å². The summed E-state index contributed by atoms with van der Waals surface area (Å²) in [5, 5.41) is 4.78. The average molecular weight is 344 g/mol. The summed E-state index contributed by atoms with van der Waals surface area (Å²) in [6, 6.07) is 11.8. The molecule has 0 aliphatic rings. The Labute approximate surface area is 142 Å². The minimum Gasteiger partial charge on any atom is -0.591 e. The van der Waals surface area contributed by atoms with Crippen LogP contribution >= 0.6 is 0 Å². The summed E-state index contributed by atoms with van der Waals surface area (Å²) >= 11 is -1.35. The first-order chi connectivity index (χ1) is 11.4. The van der Waals surface area contributed by atoms with E-state index in [1.54, 1.807) is 12.3 Å². The fourth-order valence-electron chi connectivity index (χ4n) is 2.19. The number of halogens is 1. The Morgan fingerprint density at radius 3 is 2.71 bits per heavy atom. The highest BCUT2D eigenvalue weighted by Crippen LogP contribution is 2.30. The minimum atomic E-state index is -1.35. The van der Waals surface area contributed by atoms with E-state index in [0.717, 1.165) is 11.1 Å². The molecule has 0 bridgehead atoms. The number of hydrogen-bond acceptors (Lipinski definition) is 4. The van der Waals surface area contributed by atoms with Gasteiger partial charge in [-0.05, 0) is 32.9 Å². The summed E-state index contributed by atoms with van der Waals surface area (Å²) in [4.78, 5) is 0. The normalized spacial score (nSPS) is 13.7. The number of nitrogens with zero attached hydrogens (tertiary/aromatic N) is 2. The van der Waals surface area contributed by atoms with Gasteiger partial charge in [-0.2, -0.15) is 0 Å². The SMILES string of the molecule is CC(C)(C)[S@+]([O-])/N=C/c1ccccc1-c1noc2cc(F)ccc12. The molecule has 24 heavy (non-hydrogen) atoms. The van der Waals surface area contributed by atoms with E-state index < -0.39 is 16.1 Å². The Kier molecular flexibility index (Phi) is 4.43. The van der Waals surface area contributed by atoms with E-state index in [0.29, 0.717) is 16.7 Å². The second-order valence-corrected chi connectivity index (χ2v) is 8.29. The first-order valence-corrected chi connectivity index (χ1v) is 8.57. The van der Waals surface area contributed by atoms with E-state index in [1.807, 2.05) is 45.0 Å². The van der Waals surface area contributed by atoms with Crippen molar-refractivity contribution in [3.8, 4) is 11.3 Å². The van der Waals surface area contributed by atoms with E-state index in [4.69, 9.17) is 4.52 Å². The van der Waals surface area contributed by atoms with Crippen LogP contribution in [-0.2, 0) is 11.4 Å². The molecule has 2 aromatic carbocycles. The molecule has 0 fully saturated rings. The number of hydrogen-bond donors (Lipinski definition) is 0. The standard InChI is InChI=1S/C18H17FN2O2S/c1-18(2,3)24(22)20-11-12-6-4-5-7-14(12)17-15-9-8-13(19)10-16(15)23-21-17/h4-11H,1-3H3/b20-11+/t24-/m0/s1. The molecule has 4 nitrogen and oxygen atoms in total. The monoisotopic (exact) mass is 344 g/mol.